The summed E-state index contributed by atoms with van der Waals surface area (Å²) in [5, 5.41) is 16.1. The topological polar surface area (TPSA) is 108 Å². The SMILES string of the molecule is Cc1ccc(C)c(NC(=O)CCN2C(=S)N[C@H](c3ccccn3)[C@H]2c2ccc(-c3ccc(C(=O)O)cc3)o2)c1. The van der Waals surface area contributed by atoms with E-state index >= 15 is 0 Å². The Morgan fingerprint density at radius 1 is 1.08 bits per heavy atom. The first-order valence-corrected chi connectivity index (χ1v) is 13.0. The predicted octanol–water partition coefficient (Wildman–Crippen LogP) is 5.66. The monoisotopic (exact) mass is 540 g/mol. The van der Waals surface area contributed by atoms with Crippen LogP contribution >= 0.6 is 12.2 Å². The predicted molar refractivity (Wildman–Crippen MR) is 152 cm³/mol. The Hall–Kier alpha value is -4.50. The maximum atomic E-state index is 12.9. The van der Waals surface area contributed by atoms with Crippen molar-refractivity contribution in [2.24, 2.45) is 0 Å². The van der Waals surface area contributed by atoms with Gasteiger partial charge in [0.15, 0.2) is 5.11 Å². The first-order chi connectivity index (χ1) is 18.8. The summed E-state index contributed by atoms with van der Waals surface area (Å²) in [6.07, 6.45) is 1.96. The number of carboxylic acids is 1. The molecule has 1 aliphatic rings. The number of aromatic nitrogens is 1. The molecule has 0 unspecified atom stereocenters. The maximum absolute atomic E-state index is 12.9. The second kappa shape index (κ2) is 11.1. The molecule has 3 heterocycles. The zero-order valence-corrected chi connectivity index (χ0v) is 22.4. The summed E-state index contributed by atoms with van der Waals surface area (Å²) in [5.41, 5.74) is 4.64. The summed E-state index contributed by atoms with van der Waals surface area (Å²) in [7, 11) is 0. The van der Waals surface area contributed by atoms with Crippen LogP contribution in [0.25, 0.3) is 11.3 Å². The van der Waals surface area contributed by atoms with E-state index in [1.165, 1.54) is 0 Å². The van der Waals surface area contributed by atoms with Crippen molar-refractivity contribution in [2.75, 3.05) is 11.9 Å². The van der Waals surface area contributed by atoms with E-state index in [4.69, 9.17) is 16.6 Å². The fourth-order valence-electron chi connectivity index (χ4n) is 4.70. The van der Waals surface area contributed by atoms with Gasteiger partial charge >= 0.3 is 5.97 Å². The smallest absolute Gasteiger partial charge is 0.335 e. The van der Waals surface area contributed by atoms with Gasteiger partial charge in [0.05, 0.1) is 17.3 Å². The zero-order valence-electron chi connectivity index (χ0n) is 21.5. The van der Waals surface area contributed by atoms with Gasteiger partial charge in [-0.25, -0.2) is 4.79 Å². The average Bonchev–Trinajstić information content (AvgIpc) is 3.54. The molecule has 5 rings (SSSR count). The minimum Gasteiger partial charge on any atom is -0.478 e. The van der Waals surface area contributed by atoms with Gasteiger partial charge < -0.3 is 25.1 Å². The Labute approximate surface area is 231 Å². The average molecular weight is 541 g/mol. The molecule has 0 saturated carbocycles. The number of hydrogen-bond donors (Lipinski definition) is 3. The van der Waals surface area contributed by atoms with Gasteiger partial charge in [0.2, 0.25) is 5.91 Å². The standard InChI is InChI=1S/C30H28N4O4S/c1-18-6-7-19(2)23(17-18)32-26(35)14-16-34-28(27(33-30(34)39)22-5-3-4-15-31-22)25-13-12-24(38-25)20-8-10-21(11-9-20)29(36)37/h3-13,15,17,27-28H,14,16H2,1-2H3,(H,32,35)(H,33,39)(H,36,37)/t27-,28-/m1/s1. The number of nitrogens with zero attached hydrogens (tertiary/aromatic N) is 2. The van der Waals surface area contributed by atoms with Gasteiger partial charge in [0.25, 0.3) is 0 Å². The van der Waals surface area contributed by atoms with Crippen LogP contribution in [0, 0.1) is 13.8 Å². The van der Waals surface area contributed by atoms with E-state index in [0.29, 0.717) is 23.2 Å². The van der Waals surface area contributed by atoms with Crippen molar-refractivity contribution < 1.29 is 19.1 Å². The van der Waals surface area contributed by atoms with Crippen LogP contribution in [0.3, 0.4) is 0 Å². The highest BCUT2D eigenvalue weighted by Gasteiger charge is 2.41. The van der Waals surface area contributed by atoms with Gasteiger partial charge in [-0.1, -0.05) is 30.3 Å². The first-order valence-electron chi connectivity index (χ1n) is 12.6. The van der Waals surface area contributed by atoms with Crippen molar-refractivity contribution in [2.45, 2.75) is 32.4 Å². The summed E-state index contributed by atoms with van der Waals surface area (Å²) in [4.78, 5) is 30.7. The molecule has 3 N–H and O–H groups in total. The van der Waals surface area contributed by atoms with Crippen molar-refractivity contribution >= 4 is 34.9 Å². The molecule has 1 saturated heterocycles. The minimum absolute atomic E-state index is 0.106. The molecule has 0 radical (unpaired) electrons. The van der Waals surface area contributed by atoms with Crippen LogP contribution in [-0.4, -0.2) is 38.5 Å². The normalized spacial score (nSPS) is 16.7. The number of thiocarbonyl (C=S) groups is 1. The molecule has 2 aromatic carbocycles. The number of carbonyl (C=O) groups is 2. The Balaban J connectivity index is 1.39. The first kappa shape index (κ1) is 26.1. The fourth-order valence-corrected chi connectivity index (χ4v) is 5.04. The van der Waals surface area contributed by atoms with E-state index in [9.17, 15) is 14.7 Å². The Bertz CT molecular complexity index is 1520. The number of pyridine rings is 1. The van der Waals surface area contributed by atoms with Gasteiger partial charge in [-0.15, -0.1) is 0 Å². The number of hydrogen-bond acceptors (Lipinski definition) is 5. The molecule has 0 spiro atoms. The summed E-state index contributed by atoms with van der Waals surface area (Å²) in [5.74, 6) is 0.172. The summed E-state index contributed by atoms with van der Waals surface area (Å²) in [6.45, 7) is 4.33. The van der Waals surface area contributed by atoms with E-state index in [2.05, 4.69) is 15.6 Å². The number of benzene rings is 2. The quantitative estimate of drug-likeness (QED) is 0.246. The number of amides is 1. The van der Waals surface area contributed by atoms with Crippen LogP contribution in [-0.2, 0) is 4.79 Å². The van der Waals surface area contributed by atoms with Crippen LogP contribution in [0.4, 0.5) is 5.69 Å². The van der Waals surface area contributed by atoms with Crippen LogP contribution in [0.2, 0.25) is 0 Å². The lowest BCUT2D eigenvalue weighted by Gasteiger charge is -2.26. The van der Waals surface area contributed by atoms with Gasteiger partial charge in [-0.2, -0.15) is 0 Å². The molecule has 2 aromatic heterocycles. The van der Waals surface area contributed by atoms with E-state index in [1.54, 1.807) is 30.5 Å². The second-order valence-electron chi connectivity index (χ2n) is 9.52. The van der Waals surface area contributed by atoms with Crippen molar-refractivity contribution in [3.8, 4) is 11.3 Å². The molecule has 1 amide bonds. The van der Waals surface area contributed by atoms with Crippen LogP contribution in [0.5, 0.6) is 0 Å². The van der Waals surface area contributed by atoms with E-state index < -0.39 is 5.97 Å². The third-order valence-electron chi connectivity index (χ3n) is 6.78. The second-order valence-corrected chi connectivity index (χ2v) is 9.91. The number of aryl methyl sites for hydroxylation is 2. The number of rotatable bonds is 8. The Morgan fingerprint density at radius 3 is 2.59 bits per heavy atom. The van der Waals surface area contributed by atoms with Crippen LogP contribution in [0.1, 0.15) is 51.4 Å². The van der Waals surface area contributed by atoms with Gasteiger partial charge in [0.1, 0.15) is 17.6 Å². The van der Waals surface area contributed by atoms with E-state index in [1.807, 2.05) is 67.3 Å². The van der Waals surface area contributed by atoms with Crippen molar-refractivity contribution in [1.29, 1.82) is 0 Å². The molecule has 1 aliphatic heterocycles. The lowest BCUT2D eigenvalue weighted by atomic mass is 10.0. The molecular weight excluding hydrogens is 512 g/mol. The summed E-state index contributed by atoms with van der Waals surface area (Å²) in [6, 6.07) is 21.3. The van der Waals surface area contributed by atoms with Crippen molar-refractivity contribution in [3.05, 3.63) is 107 Å². The molecular formula is C30H28N4O4S. The van der Waals surface area contributed by atoms with Gasteiger partial charge in [-0.3, -0.25) is 9.78 Å². The highest BCUT2D eigenvalue weighted by atomic mass is 32.1. The molecule has 198 valence electrons. The molecule has 9 heteroatoms. The van der Waals surface area contributed by atoms with E-state index in [0.717, 1.165) is 28.1 Å². The number of furan rings is 1. The summed E-state index contributed by atoms with van der Waals surface area (Å²) >= 11 is 5.71. The van der Waals surface area contributed by atoms with E-state index in [-0.39, 0.29) is 30.0 Å². The lowest BCUT2D eigenvalue weighted by Crippen LogP contribution is -2.32. The maximum Gasteiger partial charge on any atom is 0.335 e. The highest BCUT2D eigenvalue weighted by Crippen LogP contribution is 2.40. The third kappa shape index (κ3) is 5.68. The third-order valence-corrected chi connectivity index (χ3v) is 7.13. The molecule has 0 bridgehead atoms. The number of carbonyl (C=O) groups excluding carboxylic acids is 1. The molecule has 0 aliphatic carbocycles. The minimum atomic E-state index is -0.984. The molecule has 8 nitrogen and oxygen atoms in total. The fraction of sp³-hybridized carbons (Fsp3) is 0.200. The van der Waals surface area contributed by atoms with Crippen molar-refractivity contribution in [1.82, 2.24) is 15.2 Å². The number of nitrogens with one attached hydrogen (secondary N) is 2. The summed E-state index contributed by atoms with van der Waals surface area (Å²) < 4.78 is 6.30. The number of carboxylic acid groups (broad SMARTS) is 1. The zero-order chi connectivity index (χ0) is 27.5. The highest BCUT2D eigenvalue weighted by molar-refractivity contribution is 7.80. The van der Waals surface area contributed by atoms with Crippen LogP contribution in [0.15, 0.2) is 83.4 Å². The number of aromatic carboxylic acids is 1. The Kier molecular flexibility index (Phi) is 7.42. The largest absolute Gasteiger partial charge is 0.478 e. The lowest BCUT2D eigenvalue weighted by molar-refractivity contribution is -0.116. The molecule has 2 atom stereocenters. The van der Waals surface area contributed by atoms with Gasteiger partial charge in [0, 0.05) is 30.4 Å². The van der Waals surface area contributed by atoms with Crippen LogP contribution < -0.4 is 10.6 Å². The molecule has 1 fully saturated rings. The number of anilines is 1. The van der Waals surface area contributed by atoms with Gasteiger partial charge in [-0.05, 0) is 79.7 Å². The van der Waals surface area contributed by atoms with Crippen molar-refractivity contribution in [3.63, 3.8) is 0 Å². The molecule has 39 heavy (non-hydrogen) atoms. The Morgan fingerprint density at radius 2 is 1.87 bits per heavy atom. The molecule has 4 aromatic rings.